The Morgan fingerprint density at radius 3 is 2.71 bits per heavy atom. The zero-order valence-corrected chi connectivity index (χ0v) is 17.5. The number of ether oxygens (including phenoxy) is 1. The first kappa shape index (κ1) is 20.7. The van der Waals surface area contributed by atoms with Crippen LogP contribution in [-0.2, 0) is 9.59 Å². The number of thioether (sulfide) groups is 1. The lowest BCUT2D eigenvalue weighted by atomic mass is 9.99. The summed E-state index contributed by atoms with van der Waals surface area (Å²) in [5.41, 5.74) is 0.621. The molecule has 0 atom stereocenters. The molecule has 0 spiro atoms. The minimum absolute atomic E-state index is 0.187. The average Bonchev–Trinajstić information content (AvgIpc) is 2.92. The normalized spacial score (nSPS) is 19.6. The Kier molecular flexibility index (Phi) is 6.67. The second-order valence-corrected chi connectivity index (χ2v) is 8.38. The lowest BCUT2D eigenvalue weighted by molar-refractivity contribution is -0.136. The van der Waals surface area contributed by atoms with Gasteiger partial charge in [-0.05, 0) is 61.7 Å². The van der Waals surface area contributed by atoms with Crippen LogP contribution in [0, 0.1) is 5.92 Å². The standard InChI is InChI=1S/C20H23ClN2O4S/c1-3-27-16-5-4-15(21)10-14(16)11-17-19(25)23(20(26)28-17)12-18(24)22-8-6-13(2)7-9-22/h4-5,10-11,13H,3,6-9,12H2,1-2H3/b17-11+. The van der Waals surface area contributed by atoms with Crippen LogP contribution in [0.4, 0.5) is 4.79 Å². The number of likely N-dealkylation sites (tertiary alicyclic amines) is 1. The first-order chi connectivity index (χ1) is 13.4. The molecule has 2 saturated heterocycles. The van der Waals surface area contributed by atoms with E-state index < -0.39 is 11.1 Å². The Morgan fingerprint density at radius 2 is 2.04 bits per heavy atom. The molecule has 2 heterocycles. The number of amides is 3. The summed E-state index contributed by atoms with van der Waals surface area (Å²) in [6, 6.07) is 5.11. The van der Waals surface area contributed by atoms with Crippen LogP contribution >= 0.6 is 23.4 Å². The van der Waals surface area contributed by atoms with Crippen molar-refractivity contribution >= 4 is 46.5 Å². The van der Waals surface area contributed by atoms with Crippen molar-refractivity contribution < 1.29 is 19.1 Å². The molecule has 0 bridgehead atoms. The maximum atomic E-state index is 12.7. The van der Waals surface area contributed by atoms with Crippen molar-refractivity contribution in [2.45, 2.75) is 26.7 Å². The second kappa shape index (κ2) is 9.01. The van der Waals surface area contributed by atoms with Gasteiger partial charge in [-0.3, -0.25) is 19.3 Å². The SMILES string of the molecule is CCOc1ccc(Cl)cc1/C=C1/SC(=O)N(CC(=O)N2CCC(C)CC2)C1=O. The van der Waals surface area contributed by atoms with Crippen molar-refractivity contribution in [2.75, 3.05) is 26.2 Å². The Labute approximate surface area is 173 Å². The third kappa shape index (κ3) is 4.70. The van der Waals surface area contributed by atoms with Crippen LogP contribution in [0.5, 0.6) is 5.75 Å². The van der Waals surface area contributed by atoms with Crippen LogP contribution in [0.3, 0.4) is 0 Å². The quantitative estimate of drug-likeness (QED) is 0.670. The number of benzene rings is 1. The summed E-state index contributed by atoms with van der Waals surface area (Å²) in [6.45, 7) is 5.62. The van der Waals surface area contributed by atoms with E-state index in [0.717, 1.165) is 29.5 Å². The third-order valence-corrected chi connectivity index (χ3v) is 6.00. The number of nitrogens with zero attached hydrogens (tertiary/aromatic N) is 2. The molecule has 0 radical (unpaired) electrons. The number of halogens is 1. The van der Waals surface area contributed by atoms with Gasteiger partial charge in [0.1, 0.15) is 12.3 Å². The molecule has 0 aromatic heterocycles. The lowest BCUT2D eigenvalue weighted by Crippen LogP contribution is -2.45. The van der Waals surface area contributed by atoms with Crippen molar-refractivity contribution in [1.82, 2.24) is 9.80 Å². The highest BCUT2D eigenvalue weighted by molar-refractivity contribution is 8.18. The summed E-state index contributed by atoms with van der Waals surface area (Å²) >= 11 is 6.88. The maximum absolute atomic E-state index is 12.7. The molecule has 0 N–H and O–H groups in total. The van der Waals surface area contributed by atoms with Crippen LogP contribution in [0.15, 0.2) is 23.1 Å². The van der Waals surface area contributed by atoms with E-state index in [1.807, 2.05) is 6.92 Å². The predicted octanol–water partition coefficient (Wildman–Crippen LogP) is 4.03. The van der Waals surface area contributed by atoms with Crippen LogP contribution in [0.25, 0.3) is 6.08 Å². The van der Waals surface area contributed by atoms with E-state index >= 15 is 0 Å². The van der Waals surface area contributed by atoms with E-state index in [9.17, 15) is 14.4 Å². The van der Waals surface area contributed by atoms with Crippen molar-refractivity contribution in [3.8, 4) is 5.75 Å². The predicted molar refractivity (Wildman–Crippen MR) is 110 cm³/mol. The molecule has 2 aliphatic rings. The highest BCUT2D eigenvalue weighted by Gasteiger charge is 2.37. The highest BCUT2D eigenvalue weighted by Crippen LogP contribution is 2.35. The molecule has 0 saturated carbocycles. The molecule has 1 aromatic carbocycles. The van der Waals surface area contributed by atoms with Gasteiger partial charge in [-0.2, -0.15) is 0 Å². The first-order valence-electron chi connectivity index (χ1n) is 9.34. The smallest absolute Gasteiger partial charge is 0.294 e. The van der Waals surface area contributed by atoms with Crippen LogP contribution in [0.2, 0.25) is 5.02 Å². The summed E-state index contributed by atoms with van der Waals surface area (Å²) in [5.74, 6) is 0.531. The molecule has 0 aliphatic carbocycles. The monoisotopic (exact) mass is 422 g/mol. The van der Waals surface area contributed by atoms with Gasteiger partial charge in [0.25, 0.3) is 11.1 Å². The van der Waals surface area contributed by atoms with Gasteiger partial charge in [0.05, 0.1) is 11.5 Å². The fraction of sp³-hybridized carbons (Fsp3) is 0.450. The number of rotatable bonds is 5. The molecule has 28 heavy (non-hydrogen) atoms. The fourth-order valence-electron chi connectivity index (χ4n) is 3.19. The Bertz CT molecular complexity index is 818. The van der Waals surface area contributed by atoms with Gasteiger partial charge in [0, 0.05) is 23.7 Å². The number of hydrogen-bond donors (Lipinski definition) is 0. The van der Waals surface area contributed by atoms with Gasteiger partial charge >= 0.3 is 0 Å². The zero-order chi connectivity index (χ0) is 20.3. The van der Waals surface area contributed by atoms with Crippen molar-refractivity contribution in [1.29, 1.82) is 0 Å². The van der Waals surface area contributed by atoms with E-state index in [-0.39, 0.29) is 17.4 Å². The van der Waals surface area contributed by atoms with Crippen LogP contribution in [-0.4, -0.2) is 53.1 Å². The lowest BCUT2D eigenvalue weighted by Gasteiger charge is -2.31. The Morgan fingerprint density at radius 1 is 1.32 bits per heavy atom. The summed E-state index contributed by atoms with van der Waals surface area (Å²) in [6.07, 6.45) is 3.49. The summed E-state index contributed by atoms with van der Waals surface area (Å²) in [5, 5.41) is 0.0680. The number of piperidine rings is 1. The number of carbonyl (C=O) groups is 3. The summed E-state index contributed by atoms with van der Waals surface area (Å²) in [4.78, 5) is 40.6. The van der Waals surface area contributed by atoms with Crippen molar-refractivity contribution in [3.05, 3.63) is 33.7 Å². The number of carbonyl (C=O) groups excluding carboxylic acids is 3. The van der Waals surface area contributed by atoms with Crippen LogP contribution < -0.4 is 4.74 Å². The Hall–Kier alpha value is -1.99. The molecular weight excluding hydrogens is 400 g/mol. The fourth-order valence-corrected chi connectivity index (χ4v) is 4.20. The molecule has 2 fully saturated rings. The molecular formula is C20H23ClN2O4S. The second-order valence-electron chi connectivity index (χ2n) is 6.95. The summed E-state index contributed by atoms with van der Waals surface area (Å²) < 4.78 is 5.56. The third-order valence-electron chi connectivity index (χ3n) is 4.86. The van der Waals surface area contributed by atoms with Gasteiger partial charge in [-0.25, -0.2) is 0 Å². The number of hydrogen-bond acceptors (Lipinski definition) is 5. The van der Waals surface area contributed by atoms with Crippen molar-refractivity contribution in [3.63, 3.8) is 0 Å². The average molecular weight is 423 g/mol. The van der Waals surface area contributed by atoms with Gasteiger partial charge in [-0.15, -0.1) is 0 Å². The van der Waals surface area contributed by atoms with E-state index in [4.69, 9.17) is 16.3 Å². The van der Waals surface area contributed by atoms with Gasteiger partial charge in [-0.1, -0.05) is 18.5 Å². The maximum Gasteiger partial charge on any atom is 0.294 e. The minimum atomic E-state index is -0.462. The largest absolute Gasteiger partial charge is 0.493 e. The van der Waals surface area contributed by atoms with E-state index in [1.165, 1.54) is 0 Å². The minimum Gasteiger partial charge on any atom is -0.493 e. The van der Waals surface area contributed by atoms with E-state index in [0.29, 0.717) is 41.9 Å². The first-order valence-corrected chi connectivity index (χ1v) is 10.5. The molecule has 6 nitrogen and oxygen atoms in total. The molecule has 2 aliphatic heterocycles. The Balaban J connectivity index is 1.74. The highest BCUT2D eigenvalue weighted by atomic mass is 35.5. The topological polar surface area (TPSA) is 66.9 Å². The molecule has 0 unspecified atom stereocenters. The van der Waals surface area contributed by atoms with E-state index in [1.54, 1.807) is 29.2 Å². The van der Waals surface area contributed by atoms with Gasteiger partial charge < -0.3 is 9.64 Å². The molecule has 150 valence electrons. The number of imide groups is 1. The zero-order valence-electron chi connectivity index (χ0n) is 15.9. The van der Waals surface area contributed by atoms with Crippen LogP contribution in [0.1, 0.15) is 32.3 Å². The molecule has 3 rings (SSSR count). The molecule has 8 heteroatoms. The molecule has 1 aromatic rings. The van der Waals surface area contributed by atoms with Gasteiger partial charge in [0.2, 0.25) is 5.91 Å². The van der Waals surface area contributed by atoms with E-state index in [2.05, 4.69) is 6.92 Å². The van der Waals surface area contributed by atoms with Gasteiger partial charge in [0.15, 0.2) is 0 Å². The van der Waals surface area contributed by atoms with Crippen molar-refractivity contribution in [2.24, 2.45) is 5.92 Å². The molecule has 3 amide bonds. The summed E-state index contributed by atoms with van der Waals surface area (Å²) in [7, 11) is 0.